The second-order valence-electron chi connectivity index (χ2n) is 7.65. The maximum absolute atomic E-state index is 13.7. The number of aryl methyl sites for hydroxylation is 1. The van der Waals surface area contributed by atoms with Crippen molar-refractivity contribution >= 4 is 33.2 Å². The van der Waals surface area contributed by atoms with Gasteiger partial charge in [0.15, 0.2) is 6.61 Å². The van der Waals surface area contributed by atoms with Gasteiger partial charge < -0.3 is 15.4 Å². The fourth-order valence-corrected chi connectivity index (χ4v) is 5.21. The zero-order valence-electron chi connectivity index (χ0n) is 16.9. The number of benzene rings is 2. The van der Waals surface area contributed by atoms with Crippen LogP contribution in [-0.2, 0) is 19.6 Å². The summed E-state index contributed by atoms with van der Waals surface area (Å²) in [6.45, 7) is 1.81. The van der Waals surface area contributed by atoms with E-state index in [1.54, 1.807) is 19.1 Å². The molecule has 0 spiro atoms. The molecule has 31 heavy (non-hydrogen) atoms. The van der Waals surface area contributed by atoms with Crippen LogP contribution < -0.4 is 15.4 Å². The Balaban J connectivity index is 1.49. The monoisotopic (exact) mass is 447 g/mol. The number of anilines is 2. The predicted octanol–water partition coefficient (Wildman–Crippen LogP) is 2.50. The van der Waals surface area contributed by atoms with Gasteiger partial charge >= 0.3 is 0 Å². The molecule has 0 saturated carbocycles. The molecule has 2 amide bonds. The minimum atomic E-state index is -3.88. The molecule has 1 saturated heterocycles. The van der Waals surface area contributed by atoms with Gasteiger partial charge in [0.2, 0.25) is 15.9 Å². The largest absolute Gasteiger partial charge is 0.482 e. The van der Waals surface area contributed by atoms with Crippen LogP contribution in [0.25, 0.3) is 0 Å². The lowest BCUT2D eigenvalue weighted by Gasteiger charge is -2.31. The highest BCUT2D eigenvalue weighted by Gasteiger charge is 2.34. The number of carbonyl (C=O) groups is 2. The van der Waals surface area contributed by atoms with Crippen LogP contribution in [0.5, 0.6) is 5.75 Å². The van der Waals surface area contributed by atoms with Gasteiger partial charge in [-0.25, -0.2) is 12.8 Å². The molecule has 10 heteroatoms. The van der Waals surface area contributed by atoms with Crippen molar-refractivity contribution in [2.45, 2.75) is 24.7 Å². The third-order valence-electron chi connectivity index (χ3n) is 5.42. The molecule has 0 bridgehead atoms. The molecule has 2 aliphatic rings. The molecule has 1 atom stereocenters. The van der Waals surface area contributed by atoms with E-state index in [-0.39, 0.29) is 36.4 Å². The van der Waals surface area contributed by atoms with E-state index >= 15 is 0 Å². The highest BCUT2D eigenvalue weighted by Crippen LogP contribution is 2.32. The number of sulfonamides is 1. The van der Waals surface area contributed by atoms with E-state index in [0.717, 1.165) is 0 Å². The van der Waals surface area contributed by atoms with E-state index in [1.165, 1.54) is 28.6 Å². The first-order valence-corrected chi connectivity index (χ1v) is 11.3. The zero-order chi connectivity index (χ0) is 22.2. The Morgan fingerprint density at radius 3 is 2.84 bits per heavy atom. The van der Waals surface area contributed by atoms with Gasteiger partial charge in [-0.15, -0.1) is 0 Å². The SMILES string of the molecule is Cc1ccc(NC(=O)C2CCCN(S(=O)(=O)c3ccc4c(c3)NC(=O)CO4)C2)cc1F. The molecule has 2 heterocycles. The van der Waals surface area contributed by atoms with Gasteiger partial charge in [-0.05, 0) is 55.7 Å². The van der Waals surface area contributed by atoms with E-state index in [2.05, 4.69) is 10.6 Å². The van der Waals surface area contributed by atoms with Gasteiger partial charge in [0.05, 0.1) is 16.5 Å². The van der Waals surface area contributed by atoms with Gasteiger partial charge in [0, 0.05) is 18.8 Å². The smallest absolute Gasteiger partial charge is 0.262 e. The van der Waals surface area contributed by atoms with Crippen molar-refractivity contribution < 1.29 is 27.1 Å². The number of halogens is 1. The van der Waals surface area contributed by atoms with Crippen molar-refractivity contribution in [1.82, 2.24) is 4.31 Å². The summed E-state index contributed by atoms with van der Waals surface area (Å²) in [4.78, 5) is 24.2. The molecule has 2 N–H and O–H groups in total. The minimum absolute atomic E-state index is 0.0127. The molecule has 8 nitrogen and oxygen atoms in total. The summed E-state index contributed by atoms with van der Waals surface area (Å²) in [6.07, 6.45) is 1.05. The molecular weight excluding hydrogens is 425 g/mol. The number of amides is 2. The number of fused-ring (bicyclic) bond motifs is 1. The maximum atomic E-state index is 13.7. The highest BCUT2D eigenvalue weighted by molar-refractivity contribution is 7.89. The Morgan fingerprint density at radius 2 is 2.06 bits per heavy atom. The Kier molecular flexibility index (Phi) is 5.67. The van der Waals surface area contributed by atoms with Gasteiger partial charge in [-0.2, -0.15) is 4.31 Å². The Bertz CT molecular complexity index is 1150. The highest BCUT2D eigenvalue weighted by atomic mass is 32.2. The number of hydrogen-bond donors (Lipinski definition) is 2. The first kappa shape index (κ1) is 21.3. The van der Waals surface area contributed by atoms with Gasteiger partial charge in [-0.1, -0.05) is 6.07 Å². The second-order valence-corrected chi connectivity index (χ2v) is 9.59. The van der Waals surface area contributed by atoms with Crippen LogP contribution in [0.2, 0.25) is 0 Å². The lowest BCUT2D eigenvalue weighted by molar-refractivity contribution is -0.121. The van der Waals surface area contributed by atoms with Crippen molar-refractivity contribution in [3.63, 3.8) is 0 Å². The fraction of sp³-hybridized carbons (Fsp3) is 0.333. The summed E-state index contributed by atoms with van der Waals surface area (Å²) in [5.74, 6) is -1.29. The van der Waals surface area contributed by atoms with E-state index in [9.17, 15) is 22.4 Å². The standard InChI is InChI=1S/C21H22FN3O5S/c1-13-4-5-15(9-17(13)22)23-21(27)14-3-2-8-25(11-14)31(28,29)16-6-7-19-18(10-16)24-20(26)12-30-19/h4-7,9-10,14H,2-3,8,11-12H2,1H3,(H,23,27)(H,24,26). The van der Waals surface area contributed by atoms with Crippen LogP contribution in [0.15, 0.2) is 41.3 Å². The van der Waals surface area contributed by atoms with Crippen molar-refractivity contribution in [2.24, 2.45) is 5.92 Å². The van der Waals surface area contributed by atoms with E-state index < -0.39 is 21.8 Å². The summed E-state index contributed by atoms with van der Waals surface area (Å²) >= 11 is 0. The summed E-state index contributed by atoms with van der Waals surface area (Å²) in [6, 6.07) is 8.71. The molecule has 1 fully saturated rings. The first-order chi connectivity index (χ1) is 14.7. The van der Waals surface area contributed by atoms with Crippen LogP contribution in [0.4, 0.5) is 15.8 Å². The lowest BCUT2D eigenvalue weighted by atomic mass is 9.98. The predicted molar refractivity (Wildman–Crippen MR) is 112 cm³/mol. The molecule has 0 aliphatic carbocycles. The number of hydrogen-bond acceptors (Lipinski definition) is 5. The average Bonchev–Trinajstić information content (AvgIpc) is 2.75. The van der Waals surface area contributed by atoms with Crippen molar-refractivity contribution in [3.8, 4) is 5.75 Å². The van der Waals surface area contributed by atoms with Crippen LogP contribution in [0.3, 0.4) is 0 Å². The van der Waals surface area contributed by atoms with Crippen LogP contribution in [0.1, 0.15) is 18.4 Å². The maximum Gasteiger partial charge on any atom is 0.262 e. The summed E-state index contributed by atoms with van der Waals surface area (Å²) in [5, 5.41) is 5.27. The summed E-state index contributed by atoms with van der Waals surface area (Å²) < 4.78 is 46.6. The number of rotatable bonds is 4. The number of piperidine rings is 1. The van der Waals surface area contributed by atoms with Crippen molar-refractivity contribution in [1.29, 1.82) is 0 Å². The second kappa shape index (κ2) is 8.27. The van der Waals surface area contributed by atoms with E-state index in [1.807, 2.05) is 0 Å². The summed E-state index contributed by atoms with van der Waals surface area (Å²) in [7, 11) is -3.88. The average molecular weight is 447 g/mol. The normalized spacial score (nSPS) is 19.2. The van der Waals surface area contributed by atoms with Gasteiger partial charge in [-0.3, -0.25) is 9.59 Å². The molecule has 2 aliphatic heterocycles. The molecular formula is C21H22FN3O5S. The fourth-order valence-electron chi connectivity index (χ4n) is 3.66. The third kappa shape index (κ3) is 4.40. The van der Waals surface area contributed by atoms with Gasteiger partial charge in [0.1, 0.15) is 11.6 Å². The number of ether oxygens (including phenoxy) is 1. The minimum Gasteiger partial charge on any atom is -0.482 e. The van der Waals surface area contributed by atoms with E-state index in [0.29, 0.717) is 35.5 Å². The first-order valence-electron chi connectivity index (χ1n) is 9.88. The number of carbonyl (C=O) groups excluding carboxylic acids is 2. The van der Waals surface area contributed by atoms with Crippen LogP contribution >= 0.6 is 0 Å². The van der Waals surface area contributed by atoms with Crippen molar-refractivity contribution in [3.05, 3.63) is 47.8 Å². The van der Waals surface area contributed by atoms with Gasteiger partial charge in [0.25, 0.3) is 5.91 Å². The molecule has 0 radical (unpaired) electrons. The van der Waals surface area contributed by atoms with E-state index in [4.69, 9.17) is 4.74 Å². The molecule has 1 unspecified atom stereocenters. The summed E-state index contributed by atoms with van der Waals surface area (Å²) in [5.41, 5.74) is 1.10. The Labute approximate surface area is 179 Å². The quantitative estimate of drug-likeness (QED) is 0.749. The molecule has 4 rings (SSSR count). The molecule has 164 valence electrons. The molecule has 2 aromatic carbocycles. The van der Waals surface area contributed by atoms with Crippen LogP contribution in [0, 0.1) is 18.7 Å². The third-order valence-corrected chi connectivity index (χ3v) is 7.28. The number of nitrogens with one attached hydrogen (secondary N) is 2. The lowest BCUT2D eigenvalue weighted by Crippen LogP contribution is -2.43. The molecule has 2 aromatic rings. The number of nitrogens with zero attached hydrogens (tertiary/aromatic N) is 1. The Morgan fingerprint density at radius 1 is 1.26 bits per heavy atom. The van der Waals surface area contributed by atoms with Crippen molar-refractivity contribution in [2.75, 3.05) is 30.3 Å². The molecule has 0 aromatic heterocycles. The topological polar surface area (TPSA) is 105 Å². The Hall–Kier alpha value is -2.98. The van der Waals surface area contributed by atoms with Crippen LogP contribution in [-0.4, -0.2) is 44.2 Å². The zero-order valence-corrected chi connectivity index (χ0v) is 17.7.